The van der Waals surface area contributed by atoms with Crippen LogP contribution < -0.4 is 5.73 Å². The molecule has 0 aromatic heterocycles. The van der Waals surface area contributed by atoms with Gasteiger partial charge in [-0.1, -0.05) is 37.3 Å². The Kier molecular flexibility index (Phi) is 4.37. The summed E-state index contributed by atoms with van der Waals surface area (Å²) in [5.74, 6) is 0.901. The van der Waals surface area contributed by atoms with E-state index in [4.69, 9.17) is 5.73 Å². The lowest BCUT2D eigenvalue weighted by Gasteiger charge is -2.24. The number of hydrogen-bond donors (Lipinski definition) is 1. The molecule has 1 aromatic rings. The van der Waals surface area contributed by atoms with Crippen molar-refractivity contribution in [3.05, 3.63) is 35.9 Å². The minimum Gasteiger partial charge on any atom is -0.341 e. The molecule has 1 fully saturated rings. The summed E-state index contributed by atoms with van der Waals surface area (Å²) >= 11 is 0. The van der Waals surface area contributed by atoms with Crippen molar-refractivity contribution in [2.75, 3.05) is 13.1 Å². The highest BCUT2D eigenvalue weighted by Crippen LogP contribution is 2.19. The van der Waals surface area contributed by atoms with Gasteiger partial charge in [0.15, 0.2) is 0 Å². The lowest BCUT2D eigenvalue weighted by atomic mass is 10.0. The van der Waals surface area contributed by atoms with Gasteiger partial charge in [-0.3, -0.25) is 4.79 Å². The molecule has 0 aliphatic carbocycles. The summed E-state index contributed by atoms with van der Waals surface area (Å²) in [5, 5.41) is 0. The highest BCUT2D eigenvalue weighted by Gasteiger charge is 2.22. The van der Waals surface area contributed by atoms with E-state index in [1.54, 1.807) is 0 Å². The van der Waals surface area contributed by atoms with Gasteiger partial charge in [0.1, 0.15) is 0 Å². The quantitative estimate of drug-likeness (QED) is 0.889. The van der Waals surface area contributed by atoms with Gasteiger partial charge >= 0.3 is 0 Å². The van der Waals surface area contributed by atoms with Crippen molar-refractivity contribution in [3.63, 3.8) is 0 Å². The molecular weight excluding hydrogens is 224 g/mol. The van der Waals surface area contributed by atoms with E-state index in [-0.39, 0.29) is 11.9 Å². The molecule has 1 amide bonds. The molecule has 1 saturated heterocycles. The number of carbonyl (C=O) groups is 1. The largest absolute Gasteiger partial charge is 0.341 e. The van der Waals surface area contributed by atoms with Crippen LogP contribution in [-0.4, -0.2) is 23.9 Å². The van der Waals surface area contributed by atoms with Crippen molar-refractivity contribution in [1.82, 2.24) is 4.90 Å². The molecule has 2 rings (SSSR count). The third-order valence-electron chi connectivity index (χ3n) is 3.74. The van der Waals surface area contributed by atoms with E-state index in [9.17, 15) is 4.79 Å². The molecule has 1 aromatic carbocycles. The molecule has 3 nitrogen and oxygen atoms in total. The summed E-state index contributed by atoms with van der Waals surface area (Å²) in [5.41, 5.74) is 7.28. The highest BCUT2D eigenvalue weighted by atomic mass is 16.2. The van der Waals surface area contributed by atoms with Crippen molar-refractivity contribution in [1.29, 1.82) is 0 Å². The molecule has 0 bridgehead atoms. The van der Waals surface area contributed by atoms with Gasteiger partial charge < -0.3 is 10.6 Å². The number of nitrogens with zero attached hydrogens (tertiary/aromatic N) is 1. The Labute approximate surface area is 109 Å². The summed E-state index contributed by atoms with van der Waals surface area (Å²) < 4.78 is 0. The van der Waals surface area contributed by atoms with Gasteiger partial charge in [0.05, 0.1) is 0 Å². The first-order valence-corrected chi connectivity index (χ1v) is 6.75. The van der Waals surface area contributed by atoms with E-state index in [0.717, 1.165) is 24.9 Å². The fourth-order valence-corrected chi connectivity index (χ4v) is 2.41. The van der Waals surface area contributed by atoms with Crippen LogP contribution in [0.4, 0.5) is 0 Å². The van der Waals surface area contributed by atoms with E-state index in [1.165, 1.54) is 0 Å². The minimum absolute atomic E-state index is 0.0800. The molecular formula is C15H22N2O. The Hall–Kier alpha value is -1.35. The Morgan fingerprint density at radius 1 is 1.33 bits per heavy atom. The maximum Gasteiger partial charge on any atom is 0.222 e. The second kappa shape index (κ2) is 6.01. The number of likely N-dealkylation sites (tertiary alicyclic amines) is 1. The summed E-state index contributed by atoms with van der Waals surface area (Å²) in [6, 6.07) is 9.92. The predicted molar refractivity (Wildman–Crippen MR) is 73.0 cm³/mol. The Balaban J connectivity index is 1.98. The zero-order chi connectivity index (χ0) is 13.0. The van der Waals surface area contributed by atoms with Crippen LogP contribution in [0.15, 0.2) is 30.3 Å². The first kappa shape index (κ1) is 13.1. The molecule has 2 atom stereocenters. The Bertz CT molecular complexity index is 391. The van der Waals surface area contributed by atoms with Crippen molar-refractivity contribution >= 4 is 5.91 Å². The van der Waals surface area contributed by atoms with E-state index in [1.807, 2.05) is 35.2 Å². The van der Waals surface area contributed by atoms with Crippen LogP contribution in [0.5, 0.6) is 0 Å². The smallest absolute Gasteiger partial charge is 0.222 e. The lowest BCUT2D eigenvalue weighted by Crippen LogP contribution is -2.36. The average Bonchev–Trinajstić information content (AvgIpc) is 2.55. The number of amides is 1. The number of benzene rings is 1. The molecule has 18 heavy (non-hydrogen) atoms. The highest BCUT2D eigenvalue weighted by molar-refractivity contribution is 5.76. The van der Waals surface area contributed by atoms with Crippen LogP contribution in [0.25, 0.3) is 0 Å². The van der Waals surface area contributed by atoms with Crippen molar-refractivity contribution in [2.45, 2.75) is 32.2 Å². The molecule has 98 valence electrons. The van der Waals surface area contributed by atoms with Crippen molar-refractivity contribution in [3.8, 4) is 0 Å². The third-order valence-corrected chi connectivity index (χ3v) is 3.74. The molecule has 0 saturated carbocycles. The van der Waals surface area contributed by atoms with E-state index >= 15 is 0 Å². The Morgan fingerprint density at radius 3 is 2.78 bits per heavy atom. The number of nitrogens with two attached hydrogens (primary N) is 1. The van der Waals surface area contributed by atoms with Gasteiger partial charge in [0.25, 0.3) is 0 Å². The molecule has 0 spiro atoms. The molecule has 0 radical (unpaired) electrons. The van der Waals surface area contributed by atoms with Crippen LogP contribution in [0.3, 0.4) is 0 Å². The van der Waals surface area contributed by atoms with Crippen LogP contribution in [0, 0.1) is 5.92 Å². The van der Waals surface area contributed by atoms with E-state index < -0.39 is 0 Å². The number of hydrogen-bond acceptors (Lipinski definition) is 2. The van der Waals surface area contributed by atoms with Gasteiger partial charge in [-0.15, -0.1) is 0 Å². The summed E-state index contributed by atoms with van der Waals surface area (Å²) in [7, 11) is 0. The minimum atomic E-state index is -0.0800. The zero-order valence-corrected chi connectivity index (χ0v) is 11.0. The number of rotatable bonds is 3. The van der Waals surface area contributed by atoms with Crippen molar-refractivity contribution in [2.24, 2.45) is 11.7 Å². The van der Waals surface area contributed by atoms with Gasteiger partial charge in [0.2, 0.25) is 5.91 Å². The second-order valence-corrected chi connectivity index (χ2v) is 5.29. The first-order valence-electron chi connectivity index (χ1n) is 6.75. The SMILES string of the molecule is CC1CCC(=O)N(CC(N)c2ccccc2)CC1. The summed E-state index contributed by atoms with van der Waals surface area (Å²) in [4.78, 5) is 13.9. The fraction of sp³-hybridized carbons (Fsp3) is 0.533. The van der Waals surface area contributed by atoms with Gasteiger partial charge in [0, 0.05) is 25.6 Å². The van der Waals surface area contributed by atoms with Crippen LogP contribution >= 0.6 is 0 Å². The maximum absolute atomic E-state index is 12.0. The average molecular weight is 246 g/mol. The molecule has 1 aliphatic rings. The third kappa shape index (κ3) is 3.33. The van der Waals surface area contributed by atoms with Gasteiger partial charge in [-0.25, -0.2) is 0 Å². The fourth-order valence-electron chi connectivity index (χ4n) is 2.41. The van der Waals surface area contributed by atoms with Gasteiger partial charge in [-0.05, 0) is 24.3 Å². The van der Waals surface area contributed by atoms with Gasteiger partial charge in [-0.2, -0.15) is 0 Å². The zero-order valence-electron chi connectivity index (χ0n) is 11.0. The topological polar surface area (TPSA) is 46.3 Å². The lowest BCUT2D eigenvalue weighted by molar-refractivity contribution is -0.130. The molecule has 1 aliphatic heterocycles. The number of carbonyl (C=O) groups excluding carboxylic acids is 1. The first-order chi connectivity index (χ1) is 8.66. The molecule has 2 N–H and O–H groups in total. The van der Waals surface area contributed by atoms with E-state index in [0.29, 0.717) is 18.9 Å². The van der Waals surface area contributed by atoms with Crippen LogP contribution in [-0.2, 0) is 4.79 Å². The normalized spacial score (nSPS) is 22.7. The molecule has 1 heterocycles. The predicted octanol–water partition coefficient (Wildman–Crippen LogP) is 2.33. The summed E-state index contributed by atoms with van der Waals surface area (Å²) in [6.07, 6.45) is 2.77. The van der Waals surface area contributed by atoms with E-state index in [2.05, 4.69) is 6.92 Å². The summed E-state index contributed by atoms with van der Waals surface area (Å²) in [6.45, 7) is 3.70. The maximum atomic E-state index is 12.0. The molecule has 3 heteroatoms. The second-order valence-electron chi connectivity index (χ2n) is 5.29. The molecule has 2 unspecified atom stereocenters. The Morgan fingerprint density at radius 2 is 2.06 bits per heavy atom. The van der Waals surface area contributed by atoms with Crippen LogP contribution in [0.1, 0.15) is 37.8 Å². The standard InChI is InChI=1S/C15H22N2O/c1-12-7-8-15(18)17(10-9-12)11-14(16)13-5-3-2-4-6-13/h2-6,12,14H,7-11,16H2,1H3. The van der Waals surface area contributed by atoms with Crippen LogP contribution in [0.2, 0.25) is 0 Å². The monoisotopic (exact) mass is 246 g/mol. The van der Waals surface area contributed by atoms with Crippen molar-refractivity contribution < 1.29 is 4.79 Å².